The zero-order valence-electron chi connectivity index (χ0n) is 12.6. The molecule has 0 spiro atoms. The number of aryl methyl sites for hydroxylation is 3. The highest BCUT2D eigenvalue weighted by Crippen LogP contribution is 2.07. The predicted octanol–water partition coefficient (Wildman–Crippen LogP) is 1.45. The number of nitrogens with one attached hydrogen (secondary N) is 1. The van der Waals surface area contributed by atoms with Gasteiger partial charge in [0.05, 0.1) is 12.2 Å². The van der Waals surface area contributed by atoms with Gasteiger partial charge in [0.25, 0.3) is 0 Å². The first-order valence-corrected chi connectivity index (χ1v) is 6.76. The van der Waals surface area contributed by atoms with Crippen LogP contribution < -0.4 is 5.32 Å². The lowest BCUT2D eigenvalue weighted by molar-refractivity contribution is 0.344. The number of rotatable bonds is 7. The second-order valence-corrected chi connectivity index (χ2v) is 5.17. The van der Waals surface area contributed by atoms with Gasteiger partial charge in [-0.25, -0.2) is 0 Å². The molecule has 0 radical (unpaired) electrons. The van der Waals surface area contributed by atoms with E-state index < -0.39 is 0 Å². The van der Waals surface area contributed by atoms with E-state index in [4.69, 9.17) is 4.42 Å². The average molecular weight is 278 g/mol. The molecule has 0 amide bonds. The standard InChI is InChI=1S/C13H22N6O/c1-10-8-11(2)19(17-10)7-5-6-14-13-16-15-12(20-13)9-18(3)4/h8H,5-7,9H2,1-4H3,(H,14,16). The van der Waals surface area contributed by atoms with Crippen LogP contribution in [-0.4, -0.2) is 45.5 Å². The van der Waals surface area contributed by atoms with Crippen LogP contribution in [0.15, 0.2) is 10.5 Å². The molecule has 0 bridgehead atoms. The highest BCUT2D eigenvalue weighted by molar-refractivity contribution is 5.16. The van der Waals surface area contributed by atoms with Gasteiger partial charge in [-0.15, -0.1) is 5.10 Å². The van der Waals surface area contributed by atoms with Crippen molar-refractivity contribution in [2.75, 3.05) is 26.0 Å². The summed E-state index contributed by atoms with van der Waals surface area (Å²) in [6, 6.07) is 2.56. The van der Waals surface area contributed by atoms with Crippen LogP contribution in [0.25, 0.3) is 0 Å². The van der Waals surface area contributed by atoms with E-state index in [2.05, 4.69) is 33.6 Å². The van der Waals surface area contributed by atoms with Gasteiger partial charge in [-0.2, -0.15) is 5.10 Å². The van der Waals surface area contributed by atoms with Crippen molar-refractivity contribution in [2.24, 2.45) is 0 Å². The van der Waals surface area contributed by atoms with Gasteiger partial charge in [0.2, 0.25) is 5.89 Å². The van der Waals surface area contributed by atoms with E-state index in [1.54, 1.807) is 0 Å². The van der Waals surface area contributed by atoms with Crippen molar-refractivity contribution < 1.29 is 4.42 Å². The molecule has 2 heterocycles. The van der Waals surface area contributed by atoms with Gasteiger partial charge in [-0.1, -0.05) is 5.10 Å². The monoisotopic (exact) mass is 278 g/mol. The van der Waals surface area contributed by atoms with Gasteiger partial charge in [0.15, 0.2) is 0 Å². The van der Waals surface area contributed by atoms with Crippen LogP contribution in [0.3, 0.4) is 0 Å². The van der Waals surface area contributed by atoms with E-state index in [1.807, 2.05) is 30.6 Å². The molecule has 7 nitrogen and oxygen atoms in total. The third-order valence-electron chi connectivity index (χ3n) is 2.84. The van der Waals surface area contributed by atoms with Crippen molar-refractivity contribution in [1.29, 1.82) is 0 Å². The summed E-state index contributed by atoms with van der Waals surface area (Å²) in [5.41, 5.74) is 2.24. The molecule has 0 saturated heterocycles. The predicted molar refractivity (Wildman–Crippen MR) is 76.5 cm³/mol. The maximum Gasteiger partial charge on any atom is 0.315 e. The Hall–Kier alpha value is -1.89. The fourth-order valence-electron chi connectivity index (χ4n) is 1.98. The lowest BCUT2D eigenvalue weighted by Gasteiger charge is -2.05. The third-order valence-corrected chi connectivity index (χ3v) is 2.84. The first-order chi connectivity index (χ1) is 9.54. The summed E-state index contributed by atoms with van der Waals surface area (Å²) in [4.78, 5) is 1.99. The minimum Gasteiger partial charge on any atom is -0.407 e. The van der Waals surface area contributed by atoms with Gasteiger partial charge < -0.3 is 14.6 Å². The number of nitrogens with zero attached hydrogens (tertiary/aromatic N) is 5. The third kappa shape index (κ3) is 4.06. The summed E-state index contributed by atoms with van der Waals surface area (Å²) in [6.07, 6.45) is 0.952. The first kappa shape index (κ1) is 14.5. The Morgan fingerprint density at radius 2 is 2.10 bits per heavy atom. The number of hydrogen-bond acceptors (Lipinski definition) is 6. The average Bonchev–Trinajstić information content (AvgIpc) is 2.91. The van der Waals surface area contributed by atoms with Gasteiger partial charge in [0.1, 0.15) is 0 Å². The molecule has 2 aromatic heterocycles. The van der Waals surface area contributed by atoms with E-state index in [1.165, 1.54) is 5.69 Å². The number of hydrogen-bond donors (Lipinski definition) is 1. The largest absolute Gasteiger partial charge is 0.407 e. The lowest BCUT2D eigenvalue weighted by Crippen LogP contribution is -2.10. The smallest absolute Gasteiger partial charge is 0.315 e. The Kier molecular flexibility index (Phi) is 4.73. The molecule has 0 fully saturated rings. The minimum absolute atomic E-state index is 0.482. The molecular formula is C13H22N6O. The van der Waals surface area contributed by atoms with Crippen LogP contribution in [0.4, 0.5) is 6.01 Å². The van der Waals surface area contributed by atoms with Crippen molar-refractivity contribution in [1.82, 2.24) is 24.9 Å². The van der Waals surface area contributed by atoms with Gasteiger partial charge >= 0.3 is 6.01 Å². The van der Waals surface area contributed by atoms with Crippen molar-refractivity contribution >= 4 is 6.01 Å². The van der Waals surface area contributed by atoms with Crippen LogP contribution in [0, 0.1) is 13.8 Å². The highest BCUT2D eigenvalue weighted by Gasteiger charge is 2.06. The zero-order valence-corrected chi connectivity index (χ0v) is 12.6. The maximum absolute atomic E-state index is 5.48. The summed E-state index contributed by atoms with van der Waals surface area (Å²) in [5, 5.41) is 15.5. The highest BCUT2D eigenvalue weighted by atomic mass is 16.4. The summed E-state index contributed by atoms with van der Waals surface area (Å²) in [5.74, 6) is 0.621. The normalized spacial score (nSPS) is 11.2. The molecule has 0 saturated carbocycles. The number of anilines is 1. The summed E-state index contributed by atoms with van der Waals surface area (Å²) in [7, 11) is 3.93. The molecule has 0 atom stereocenters. The molecule has 2 rings (SSSR count). The van der Waals surface area contributed by atoms with Gasteiger partial charge in [-0.05, 0) is 40.4 Å². The molecule has 7 heteroatoms. The molecule has 0 aliphatic rings. The Labute approximate surface area is 119 Å². The fraction of sp³-hybridized carbons (Fsp3) is 0.615. The van der Waals surface area contributed by atoms with E-state index in [-0.39, 0.29) is 0 Å². The van der Waals surface area contributed by atoms with Crippen molar-refractivity contribution in [3.8, 4) is 0 Å². The van der Waals surface area contributed by atoms with Crippen LogP contribution in [0.1, 0.15) is 23.7 Å². The van der Waals surface area contributed by atoms with Crippen LogP contribution in [0.2, 0.25) is 0 Å². The molecule has 0 unspecified atom stereocenters. The molecule has 0 aliphatic heterocycles. The van der Waals surface area contributed by atoms with Gasteiger partial charge in [0, 0.05) is 18.8 Å². The summed E-state index contributed by atoms with van der Waals surface area (Å²) in [6.45, 7) is 6.39. The van der Waals surface area contributed by atoms with Crippen LogP contribution in [-0.2, 0) is 13.1 Å². The van der Waals surface area contributed by atoms with Crippen molar-refractivity contribution in [3.05, 3.63) is 23.3 Å². The summed E-state index contributed by atoms with van der Waals surface area (Å²) < 4.78 is 7.49. The Morgan fingerprint density at radius 3 is 2.75 bits per heavy atom. The molecule has 2 aromatic rings. The molecule has 20 heavy (non-hydrogen) atoms. The molecule has 1 N–H and O–H groups in total. The van der Waals surface area contributed by atoms with E-state index in [9.17, 15) is 0 Å². The zero-order chi connectivity index (χ0) is 14.5. The van der Waals surface area contributed by atoms with E-state index >= 15 is 0 Å². The first-order valence-electron chi connectivity index (χ1n) is 6.76. The Morgan fingerprint density at radius 1 is 1.30 bits per heavy atom. The molecule has 0 aliphatic carbocycles. The molecular weight excluding hydrogens is 256 g/mol. The van der Waals surface area contributed by atoms with Crippen molar-refractivity contribution in [3.63, 3.8) is 0 Å². The van der Waals surface area contributed by atoms with Crippen LogP contribution in [0.5, 0.6) is 0 Å². The second kappa shape index (κ2) is 6.51. The van der Waals surface area contributed by atoms with Gasteiger partial charge in [-0.3, -0.25) is 4.68 Å². The fourth-order valence-corrected chi connectivity index (χ4v) is 1.98. The van der Waals surface area contributed by atoms with E-state index in [0.717, 1.165) is 25.2 Å². The topological polar surface area (TPSA) is 72.0 Å². The molecule has 110 valence electrons. The minimum atomic E-state index is 0.482. The number of aromatic nitrogens is 4. The van der Waals surface area contributed by atoms with E-state index in [0.29, 0.717) is 18.5 Å². The maximum atomic E-state index is 5.48. The second-order valence-electron chi connectivity index (χ2n) is 5.17. The van der Waals surface area contributed by atoms with Crippen molar-refractivity contribution in [2.45, 2.75) is 33.4 Å². The Balaban J connectivity index is 1.73. The van der Waals surface area contributed by atoms with Crippen LogP contribution >= 0.6 is 0 Å². The SMILES string of the molecule is Cc1cc(C)n(CCCNc2nnc(CN(C)C)o2)n1. The molecule has 0 aromatic carbocycles. The Bertz CT molecular complexity index is 545. The lowest BCUT2D eigenvalue weighted by atomic mass is 10.4. The summed E-state index contributed by atoms with van der Waals surface area (Å²) >= 11 is 0. The quantitative estimate of drug-likeness (QED) is 0.773.